The van der Waals surface area contributed by atoms with Crippen molar-refractivity contribution < 1.29 is 19.4 Å². The minimum Gasteiger partial charge on any atom is -0.478 e. The molecule has 0 aliphatic heterocycles. The van der Waals surface area contributed by atoms with E-state index in [-0.39, 0.29) is 17.3 Å². The van der Waals surface area contributed by atoms with E-state index in [1.807, 2.05) is 6.07 Å². The summed E-state index contributed by atoms with van der Waals surface area (Å²) in [5.74, 6) is -1.19. The second kappa shape index (κ2) is 29.8. The summed E-state index contributed by atoms with van der Waals surface area (Å²) >= 11 is 0. The van der Waals surface area contributed by atoms with Crippen molar-refractivity contribution in [1.29, 1.82) is 0 Å². The van der Waals surface area contributed by atoms with Gasteiger partial charge in [0.15, 0.2) is 0 Å². The number of esters is 1. The number of carboxylic acid groups (broad SMARTS) is 1. The number of hydrogen-bond acceptors (Lipinski definition) is 3. The zero-order valence-corrected chi connectivity index (χ0v) is 28.8. The van der Waals surface area contributed by atoms with Gasteiger partial charge in [-0.1, -0.05) is 139 Å². The predicted octanol–water partition coefficient (Wildman–Crippen LogP) is 12.7. The molecule has 45 heavy (non-hydrogen) atoms. The Morgan fingerprint density at radius 3 is 1.67 bits per heavy atom. The van der Waals surface area contributed by atoms with Crippen LogP contribution in [0, 0.1) is 0 Å². The number of aromatic carboxylic acids is 1. The van der Waals surface area contributed by atoms with Crippen molar-refractivity contribution in [2.75, 3.05) is 0 Å². The van der Waals surface area contributed by atoms with E-state index in [2.05, 4.69) is 62.5 Å². The summed E-state index contributed by atoms with van der Waals surface area (Å²) in [4.78, 5) is 24.6. The Hall–Kier alpha value is -2.88. The van der Waals surface area contributed by atoms with Gasteiger partial charge in [0.25, 0.3) is 0 Å². The number of carbonyl (C=O) groups is 2. The van der Waals surface area contributed by atoms with Gasteiger partial charge in [-0.05, 0) is 88.7 Å². The Kier molecular flexibility index (Phi) is 26.6. The minimum atomic E-state index is -1.03. The lowest BCUT2D eigenvalue weighted by Crippen LogP contribution is -2.12. The lowest BCUT2D eigenvalue weighted by molar-refractivity contribution is -0.134. The van der Waals surface area contributed by atoms with E-state index in [4.69, 9.17) is 4.74 Å². The van der Waals surface area contributed by atoms with Gasteiger partial charge in [0, 0.05) is 6.42 Å². The van der Waals surface area contributed by atoms with Crippen molar-refractivity contribution >= 4 is 11.9 Å². The second-order valence-electron chi connectivity index (χ2n) is 12.2. The fourth-order valence-corrected chi connectivity index (χ4v) is 5.33. The molecule has 0 atom stereocenters. The molecule has 1 aromatic rings. The molecule has 0 fully saturated rings. The molecular weight excluding hydrogens is 556 g/mol. The molecule has 0 amide bonds. The molecular formula is C41H64O4. The SMILES string of the molecule is CCC/C=C\C/C=C\CCCCCCCc1cccc(OC(=O)CCCCCCCC/C=C\C/C=C\CCCCC)c1C(=O)O. The first-order valence-corrected chi connectivity index (χ1v) is 18.3. The molecule has 252 valence electrons. The monoisotopic (exact) mass is 620 g/mol. The highest BCUT2D eigenvalue weighted by atomic mass is 16.5. The van der Waals surface area contributed by atoms with Crippen molar-refractivity contribution in [2.45, 2.75) is 162 Å². The van der Waals surface area contributed by atoms with Crippen LogP contribution in [-0.2, 0) is 11.2 Å². The van der Waals surface area contributed by atoms with E-state index < -0.39 is 5.97 Å². The normalized spacial score (nSPS) is 12.0. The molecule has 0 spiro atoms. The summed E-state index contributed by atoms with van der Waals surface area (Å²) in [6.07, 6.45) is 43.0. The van der Waals surface area contributed by atoms with Crippen molar-refractivity contribution in [3.05, 3.63) is 77.9 Å². The highest BCUT2D eigenvalue weighted by Crippen LogP contribution is 2.25. The number of aryl methyl sites for hydroxylation is 1. The Bertz CT molecular complexity index is 1000. The smallest absolute Gasteiger partial charge is 0.339 e. The third-order valence-electron chi connectivity index (χ3n) is 8.01. The zero-order valence-electron chi connectivity index (χ0n) is 28.8. The number of hydrogen-bond donors (Lipinski definition) is 1. The van der Waals surface area contributed by atoms with Gasteiger partial charge in [0.2, 0.25) is 0 Å². The molecule has 0 unspecified atom stereocenters. The summed E-state index contributed by atoms with van der Waals surface area (Å²) in [6, 6.07) is 5.26. The lowest BCUT2D eigenvalue weighted by Gasteiger charge is -2.12. The molecule has 0 saturated heterocycles. The van der Waals surface area contributed by atoms with E-state index in [0.29, 0.717) is 12.8 Å². The summed E-state index contributed by atoms with van der Waals surface area (Å²) in [7, 11) is 0. The third-order valence-corrected chi connectivity index (χ3v) is 8.01. The quantitative estimate of drug-likeness (QED) is 0.0419. The van der Waals surface area contributed by atoms with E-state index in [0.717, 1.165) is 76.2 Å². The average Bonchev–Trinajstić information content (AvgIpc) is 3.03. The van der Waals surface area contributed by atoms with Crippen molar-refractivity contribution in [1.82, 2.24) is 0 Å². The summed E-state index contributed by atoms with van der Waals surface area (Å²) in [5, 5.41) is 9.88. The number of allylic oxidation sites excluding steroid dienone is 8. The molecule has 0 bridgehead atoms. The zero-order chi connectivity index (χ0) is 32.6. The molecule has 0 radical (unpaired) electrons. The van der Waals surface area contributed by atoms with E-state index in [1.54, 1.807) is 12.1 Å². The largest absolute Gasteiger partial charge is 0.478 e. The Morgan fingerprint density at radius 2 is 1.11 bits per heavy atom. The molecule has 0 aromatic heterocycles. The maximum absolute atomic E-state index is 12.5. The fourth-order valence-electron chi connectivity index (χ4n) is 5.33. The van der Waals surface area contributed by atoms with Crippen LogP contribution in [-0.4, -0.2) is 17.0 Å². The van der Waals surface area contributed by atoms with Crippen LogP contribution in [0.25, 0.3) is 0 Å². The Morgan fingerprint density at radius 1 is 0.600 bits per heavy atom. The summed E-state index contributed by atoms with van der Waals surface area (Å²) in [6.45, 7) is 4.43. The predicted molar refractivity (Wildman–Crippen MR) is 192 cm³/mol. The van der Waals surface area contributed by atoms with Crippen LogP contribution in [0.4, 0.5) is 0 Å². The van der Waals surface area contributed by atoms with Gasteiger partial charge in [-0.3, -0.25) is 4.79 Å². The van der Waals surface area contributed by atoms with Gasteiger partial charge in [-0.15, -0.1) is 0 Å². The highest BCUT2D eigenvalue weighted by molar-refractivity contribution is 5.93. The number of ether oxygens (including phenoxy) is 1. The number of rotatable bonds is 29. The topological polar surface area (TPSA) is 63.6 Å². The molecule has 0 heterocycles. The minimum absolute atomic E-state index is 0.140. The molecule has 1 aromatic carbocycles. The maximum atomic E-state index is 12.5. The number of benzene rings is 1. The maximum Gasteiger partial charge on any atom is 0.339 e. The molecule has 1 rings (SSSR count). The Balaban J connectivity index is 2.20. The molecule has 1 N–H and O–H groups in total. The van der Waals surface area contributed by atoms with Crippen LogP contribution < -0.4 is 4.74 Å². The lowest BCUT2D eigenvalue weighted by atomic mass is 9.99. The van der Waals surface area contributed by atoms with Gasteiger partial charge in [0.1, 0.15) is 11.3 Å². The van der Waals surface area contributed by atoms with Crippen LogP contribution in [0.5, 0.6) is 5.75 Å². The van der Waals surface area contributed by atoms with Crippen LogP contribution in [0.1, 0.15) is 171 Å². The first kappa shape index (κ1) is 40.1. The van der Waals surface area contributed by atoms with Crippen LogP contribution in [0.2, 0.25) is 0 Å². The van der Waals surface area contributed by atoms with Gasteiger partial charge >= 0.3 is 11.9 Å². The molecule has 4 nitrogen and oxygen atoms in total. The highest BCUT2D eigenvalue weighted by Gasteiger charge is 2.18. The van der Waals surface area contributed by atoms with Crippen LogP contribution in [0.3, 0.4) is 0 Å². The van der Waals surface area contributed by atoms with Crippen molar-refractivity contribution in [3.8, 4) is 5.75 Å². The van der Waals surface area contributed by atoms with Gasteiger partial charge < -0.3 is 9.84 Å². The number of carboxylic acids is 1. The standard InChI is InChI=1S/C41H64O4/c1-3-5-7-9-11-13-15-17-18-19-21-23-25-27-29-31-36-39(42)45-38-35-32-34-37(40(38)41(43)44)33-30-28-26-24-22-20-16-14-12-10-8-6-4-2/h8,10-11,13-14,16-18,32,34-35H,3-7,9,12,15,19-31,33,36H2,1-2H3,(H,43,44)/b10-8-,13-11-,16-14-,18-17-. The van der Waals surface area contributed by atoms with Crippen LogP contribution in [0.15, 0.2) is 66.8 Å². The first-order valence-electron chi connectivity index (χ1n) is 18.3. The molecule has 4 heteroatoms. The van der Waals surface area contributed by atoms with Gasteiger partial charge in [-0.2, -0.15) is 0 Å². The van der Waals surface area contributed by atoms with Crippen molar-refractivity contribution in [2.24, 2.45) is 0 Å². The summed E-state index contributed by atoms with van der Waals surface area (Å²) in [5.41, 5.74) is 0.890. The van der Waals surface area contributed by atoms with E-state index in [1.165, 1.54) is 64.2 Å². The van der Waals surface area contributed by atoms with E-state index >= 15 is 0 Å². The number of carbonyl (C=O) groups excluding carboxylic acids is 1. The molecule has 0 saturated carbocycles. The van der Waals surface area contributed by atoms with Crippen molar-refractivity contribution in [3.63, 3.8) is 0 Å². The van der Waals surface area contributed by atoms with Crippen LogP contribution >= 0.6 is 0 Å². The summed E-state index contributed by atoms with van der Waals surface area (Å²) < 4.78 is 5.55. The first-order chi connectivity index (χ1) is 22.1. The average molecular weight is 621 g/mol. The Labute approximate surface area is 276 Å². The molecule has 0 aliphatic carbocycles. The fraction of sp³-hybridized carbons (Fsp3) is 0.610. The second-order valence-corrected chi connectivity index (χ2v) is 12.2. The van der Waals surface area contributed by atoms with Gasteiger partial charge in [0.05, 0.1) is 0 Å². The number of unbranched alkanes of at least 4 members (excludes halogenated alkanes) is 15. The van der Waals surface area contributed by atoms with Gasteiger partial charge in [-0.25, -0.2) is 4.79 Å². The third kappa shape index (κ3) is 23.2. The molecule has 0 aliphatic rings. The van der Waals surface area contributed by atoms with E-state index in [9.17, 15) is 14.7 Å².